The van der Waals surface area contributed by atoms with Gasteiger partial charge >= 0.3 is 0 Å². The van der Waals surface area contributed by atoms with Crippen LogP contribution >= 0.6 is 27.3 Å². The Morgan fingerprint density at radius 1 is 1.41 bits per heavy atom. The number of hydrogen-bond donors (Lipinski definition) is 1. The number of piperidine rings is 1. The predicted octanol–water partition coefficient (Wildman–Crippen LogP) is 4.54. The number of aromatic nitrogens is 1. The van der Waals surface area contributed by atoms with Crippen molar-refractivity contribution in [1.82, 2.24) is 9.88 Å². The smallest absolute Gasteiger partial charge is 0.264 e. The molecule has 0 radical (unpaired) electrons. The van der Waals surface area contributed by atoms with Gasteiger partial charge in [0, 0.05) is 29.5 Å². The number of carbonyl (C=O) groups excluding carboxylic acids is 1. The van der Waals surface area contributed by atoms with Crippen molar-refractivity contribution < 1.29 is 13.9 Å². The van der Waals surface area contributed by atoms with Crippen LogP contribution < -0.4 is 10.1 Å². The van der Waals surface area contributed by atoms with Gasteiger partial charge in [0.25, 0.3) is 5.91 Å². The van der Waals surface area contributed by atoms with E-state index in [1.807, 2.05) is 5.38 Å². The van der Waals surface area contributed by atoms with Crippen molar-refractivity contribution >= 4 is 38.3 Å². The maximum absolute atomic E-state index is 13.7. The van der Waals surface area contributed by atoms with Crippen LogP contribution in [0.15, 0.2) is 28.1 Å². The number of anilines is 1. The molecular weight excluding hydrogens is 433 g/mol. The molecule has 27 heavy (non-hydrogen) atoms. The summed E-state index contributed by atoms with van der Waals surface area (Å²) in [6.45, 7) is 7.25. The van der Waals surface area contributed by atoms with Crippen LogP contribution in [0.2, 0.25) is 0 Å². The number of amides is 1. The lowest BCUT2D eigenvalue weighted by Crippen LogP contribution is -2.38. The second-order valence-electron chi connectivity index (χ2n) is 7.20. The zero-order valence-electron chi connectivity index (χ0n) is 15.4. The van der Waals surface area contributed by atoms with E-state index in [2.05, 4.69) is 45.0 Å². The largest absolute Gasteiger partial charge is 0.481 e. The fraction of sp³-hybridized carbons (Fsp3) is 0.474. The number of ether oxygens (including phenoxy) is 1. The van der Waals surface area contributed by atoms with Crippen LogP contribution in [0.5, 0.6) is 5.75 Å². The van der Waals surface area contributed by atoms with Gasteiger partial charge in [-0.1, -0.05) is 29.8 Å². The van der Waals surface area contributed by atoms with Crippen LogP contribution in [0.1, 0.15) is 26.0 Å². The Hall–Kier alpha value is -1.51. The van der Waals surface area contributed by atoms with E-state index in [0.29, 0.717) is 21.4 Å². The minimum atomic E-state index is -0.515. The average molecular weight is 456 g/mol. The first-order chi connectivity index (χ1) is 12.9. The van der Waals surface area contributed by atoms with E-state index in [9.17, 15) is 9.18 Å². The van der Waals surface area contributed by atoms with Gasteiger partial charge in [0.1, 0.15) is 0 Å². The molecule has 2 heterocycles. The van der Waals surface area contributed by atoms with Crippen molar-refractivity contribution in [1.29, 1.82) is 0 Å². The number of benzene rings is 1. The van der Waals surface area contributed by atoms with E-state index in [0.717, 1.165) is 25.3 Å². The molecule has 1 saturated heterocycles. The summed E-state index contributed by atoms with van der Waals surface area (Å²) in [6.07, 6.45) is 1.27. The molecule has 3 rings (SSSR count). The molecule has 0 unspecified atom stereocenters. The molecule has 0 spiro atoms. The molecule has 8 heteroatoms. The Bertz CT molecular complexity index is 791. The molecule has 1 aromatic heterocycles. The monoisotopic (exact) mass is 455 g/mol. The van der Waals surface area contributed by atoms with Gasteiger partial charge in [-0.3, -0.25) is 15.0 Å². The zero-order valence-corrected chi connectivity index (χ0v) is 17.8. The molecule has 2 atom stereocenters. The molecule has 1 fully saturated rings. The molecule has 0 saturated carbocycles. The molecule has 0 aliphatic carbocycles. The molecule has 1 N–H and O–H groups in total. The lowest BCUT2D eigenvalue weighted by molar-refractivity contribution is -0.118. The van der Waals surface area contributed by atoms with Gasteiger partial charge in [0.2, 0.25) is 0 Å². The van der Waals surface area contributed by atoms with Crippen molar-refractivity contribution in [3.05, 3.63) is 39.6 Å². The van der Waals surface area contributed by atoms with E-state index in [-0.39, 0.29) is 18.3 Å². The molecule has 1 aromatic carbocycles. The van der Waals surface area contributed by atoms with Crippen LogP contribution in [0.25, 0.3) is 0 Å². The van der Waals surface area contributed by atoms with Gasteiger partial charge < -0.3 is 4.74 Å². The van der Waals surface area contributed by atoms with Crippen molar-refractivity contribution in [2.75, 3.05) is 25.0 Å². The minimum Gasteiger partial charge on any atom is -0.481 e. The molecule has 2 aromatic rings. The normalized spacial score (nSPS) is 20.4. The standard InChI is InChI=1S/C19H23BrFN3O2S/c1-12-5-13(2)8-24(7-12)9-15-11-27-19(22-15)23-18(25)10-26-17-4-3-14(20)6-16(17)21/h3-4,6,11-13H,5,7-10H2,1-2H3,(H,22,23,25)/t12-,13-/m1/s1. The van der Waals surface area contributed by atoms with Crippen LogP contribution in [-0.4, -0.2) is 35.5 Å². The van der Waals surface area contributed by atoms with E-state index >= 15 is 0 Å². The predicted molar refractivity (Wildman–Crippen MR) is 109 cm³/mol. The Balaban J connectivity index is 1.49. The van der Waals surface area contributed by atoms with Gasteiger partial charge in [-0.05, 0) is 36.5 Å². The second kappa shape index (κ2) is 9.12. The number of halogens is 2. The summed E-state index contributed by atoms with van der Waals surface area (Å²) in [5.41, 5.74) is 0.955. The van der Waals surface area contributed by atoms with E-state index in [1.54, 1.807) is 6.07 Å². The molecule has 5 nitrogen and oxygen atoms in total. The Labute approximate surface area is 171 Å². The highest BCUT2D eigenvalue weighted by molar-refractivity contribution is 9.10. The Morgan fingerprint density at radius 2 is 2.15 bits per heavy atom. The summed E-state index contributed by atoms with van der Waals surface area (Å²) >= 11 is 4.57. The summed E-state index contributed by atoms with van der Waals surface area (Å²) in [6, 6.07) is 4.43. The summed E-state index contributed by atoms with van der Waals surface area (Å²) in [5.74, 6) is 0.559. The fourth-order valence-electron chi connectivity index (χ4n) is 3.48. The summed E-state index contributed by atoms with van der Waals surface area (Å²) in [4.78, 5) is 18.9. The number of likely N-dealkylation sites (tertiary alicyclic amines) is 1. The third-order valence-corrected chi connectivity index (χ3v) is 5.68. The van der Waals surface area contributed by atoms with E-state index in [4.69, 9.17) is 4.74 Å². The summed E-state index contributed by atoms with van der Waals surface area (Å²) in [7, 11) is 0. The molecule has 1 amide bonds. The highest BCUT2D eigenvalue weighted by Crippen LogP contribution is 2.24. The number of hydrogen-bond acceptors (Lipinski definition) is 5. The highest BCUT2D eigenvalue weighted by atomic mass is 79.9. The summed E-state index contributed by atoms with van der Waals surface area (Å²) in [5, 5.41) is 5.21. The number of carbonyl (C=O) groups is 1. The first-order valence-corrected chi connectivity index (χ1v) is 10.6. The molecular formula is C19H23BrFN3O2S. The lowest BCUT2D eigenvalue weighted by Gasteiger charge is -2.34. The minimum absolute atomic E-state index is 0.0431. The maximum atomic E-state index is 13.7. The SMILES string of the molecule is C[C@@H]1C[C@@H](C)CN(Cc2csc(NC(=O)COc3ccc(Br)cc3F)n2)C1. The van der Waals surface area contributed by atoms with Gasteiger partial charge in [-0.15, -0.1) is 11.3 Å². The van der Waals surface area contributed by atoms with Gasteiger partial charge in [-0.25, -0.2) is 9.37 Å². The van der Waals surface area contributed by atoms with Crippen molar-refractivity contribution in [2.24, 2.45) is 11.8 Å². The topological polar surface area (TPSA) is 54.5 Å². The van der Waals surface area contributed by atoms with Gasteiger partial charge in [0.05, 0.1) is 5.69 Å². The van der Waals surface area contributed by atoms with Crippen LogP contribution in [0.3, 0.4) is 0 Å². The summed E-state index contributed by atoms with van der Waals surface area (Å²) < 4.78 is 19.6. The quantitative estimate of drug-likeness (QED) is 0.694. The van der Waals surface area contributed by atoms with Crippen LogP contribution in [0, 0.1) is 17.7 Å². The fourth-order valence-corrected chi connectivity index (χ4v) is 4.53. The third kappa shape index (κ3) is 5.99. The van der Waals surface area contributed by atoms with Crippen molar-refractivity contribution in [3.8, 4) is 5.75 Å². The first-order valence-electron chi connectivity index (χ1n) is 8.93. The van der Waals surface area contributed by atoms with E-state index < -0.39 is 5.82 Å². The lowest BCUT2D eigenvalue weighted by atomic mass is 9.92. The number of rotatable bonds is 6. The second-order valence-corrected chi connectivity index (χ2v) is 8.97. The maximum Gasteiger partial charge on any atom is 0.264 e. The zero-order chi connectivity index (χ0) is 19.4. The number of thiazole rings is 1. The average Bonchev–Trinajstić information content (AvgIpc) is 3.00. The molecule has 1 aliphatic heterocycles. The van der Waals surface area contributed by atoms with Crippen molar-refractivity contribution in [2.45, 2.75) is 26.8 Å². The van der Waals surface area contributed by atoms with Crippen LogP contribution in [-0.2, 0) is 11.3 Å². The first kappa shape index (κ1) is 20.2. The Morgan fingerprint density at radius 3 is 2.85 bits per heavy atom. The number of nitrogens with one attached hydrogen (secondary N) is 1. The van der Waals surface area contributed by atoms with Gasteiger partial charge in [0.15, 0.2) is 23.3 Å². The number of nitrogens with zero attached hydrogens (tertiary/aromatic N) is 2. The van der Waals surface area contributed by atoms with Crippen LogP contribution in [0.4, 0.5) is 9.52 Å². The molecule has 146 valence electrons. The van der Waals surface area contributed by atoms with Gasteiger partial charge in [-0.2, -0.15) is 0 Å². The molecule has 1 aliphatic rings. The van der Waals surface area contributed by atoms with Crippen molar-refractivity contribution in [3.63, 3.8) is 0 Å². The highest BCUT2D eigenvalue weighted by Gasteiger charge is 2.22. The van der Waals surface area contributed by atoms with E-state index in [1.165, 1.54) is 29.9 Å². The third-order valence-electron chi connectivity index (χ3n) is 4.38. The molecule has 0 bridgehead atoms. The Kier molecular flexibility index (Phi) is 6.83.